The van der Waals surface area contributed by atoms with Crippen LogP contribution in [0.4, 0.5) is 5.69 Å². The molecule has 0 unspecified atom stereocenters. The van der Waals surface area contributed by atoms with Crippen LogP contribution in [0.15, 0.2) is 24.3 Å². The van der Waals surface area contributed by atoms with Gasteiger partial charge in [0.1, 0.15) is 0 Å². The van der Waals surface area contributed by atoms with E-state index in [1.54, 1.807) is 0 Å². The molecule has 0 atom stereocenters. The molecule has 2 rings (SSSR count). The van der Waals surface area contributed by atoms with Crippen molar-refractivity contribution in [2.75, 3.05) is 11.9 Å². The lowest BCUT2D eigenvalue weighted by atomic mass is 10.2. The fraction of sp³-hybridized carbons (Fsp3) is 0.562. The first kappa shape index (κ1) is 15.0. The standard InChI is InChI=1S/C16H24N2O2/c17-12-13-7-9-14(10-8-13)18-16(19)6-3-11-20-15-4-1-2-5-15/h7-10,15H,1-6,11-12,17H2,(H,18,19). The van der Waals surface area contributed by atoms with E-state index in [0.717, 1.165) is 17.7 Å². The summed E-state index contributed by atoms with van der Waals surface area (Å²) < 4.78 is 5.74. The highest BCUT2D eigenvalue weighted by molar-refractivity contribution is 5.90. The predicted octanol–water partition coefficient (Wildman–Crippen LogP) is 2.82. The molecule has 3 N–H and O–H groups in total. The third-order valence-corrected chi connectivity index (χ3v) is 3.68. The highest BCUT2D eigenvalue weighted by atomic mass is 16.5. The van der Waals surface area contributed by atoms with Crippen molar-refractivity contribution >= 4 is 11.6 Å². The summed E-state index contributed by atoms with van der Waals surface area (Å²) in [5, 5.41) is 2.89. The highest BCUT2D eigenvalue weighted by Crippen LogP contribution is 2.21. The minimum absolute atomic E-state index is 0.0421. The summed E-state index contributed by atoms with van der Waals surface area (Å²) in [5.74, 6) is 0.0421. The first-order valence-electron chi connectivity index (χ1n) is 7.48. The number of hydrogen-bond donors (Lipinski definition) is 2. The summed E-state index contributed by atoms with van der Waals surface area (Å²) in [7, 11) is 0. The number of carbonyl (C=O) groups excluding carboxylic acids is 1. The van der Waals surface area contributed by atoms with Gasteiger partial charge >= 0.3 is 0 Å². The van der Waals surface area contributed by atoms with Crippen molar-refractivity contribution in [2.45, 2.75) is 51.2 Å². The van der Waals surface area contributed by atoms with E-state index >= 15 is 0 Å². The number of anilines is 1. The number of nitrogens with one attached hydrogen (secondary N) is 1. The normalized spacial score (nSPS) is 15.4. The molecular weight excluding hydrogens is 252 g/mol. The van der Waals surface area contributed by atoms with Crippen molar-refractivity contribution in [1.82, 2.24) is 0 Å². The first-order valence-corrected chi connectivity index (χ1v) is 7.48. The Balaban J connectivity index is 1.61. The van der Waals surface area contributed by atoms with Crippen molar-refractivity contribution in [3.8, 4) is 0 Å². The van der Waals surface area contributed by atoms with Gasteiger partial charge in [-0.05, 0) is 37.0 Å². The second-order valence-electron chi connectivity index (χ2n) is 5.33. The third-order valence-electron chi connectivity index (χ3n) is 3.68. The van der Waals surface area contributed by atoms with Crippen molar-refractivity contribution in [3.05, 3.63) is 29.8 Å². The molecule has 1 saturated carbocycles. The fourth-order valence-corrected chi connectivity index (χ4v) is 2.49. The quantitative estimate of drug-likeness (QED) is 0.753. The Morgan fingerprint density at radius 3 is 2.60 bits per heavy atom. The number of rotatable bonds is 7. The SMILES string of the molecule is NCc1ccc(NC(=O)CCCOC2CCCC2)cc1. The van der Waals surface area contributed by atoms with Crippen LogP contribution in [0.3, 0.4) is 0 Å². The second kappa shape index (κ2) is 8.02. The van der Waals surface area contributed by atoms with Gasteiger partial charge in [-0.25, -0.2) is 0 Å². The molecule has 1 aromatic rings. The lowest BCUT2D eigenvalue weighted by Crippen LogP contribution is -2.14. The maximum Gasteiger partial charge on any atom is 0.224 e. The van der Waals surface area contributed by atoms with E-state index in [4.69, 9.17) is 10.5 Å². The van der Waals surface area contributed by atoms with E-state index in [1.807, 2.05) is 24.3 Å². The lowest BCUT2D eigenvalue weighted by molar-refractivity contribution is -0.116. The minimum atomic E-state index is 0.0421. The molecule has 0 heterocycles. The molecule has 1 amide bonds. The van der Waals surface area contributed by atoms with Crippen LogP contribution in [0.1, 0.15) is 44.1 Å². The van der Waals surface area contributed by atoms with E-state index in [-0.39, 0.29) is 5.91 Å². The Bertz CT molecular complexity index is 411. The van der Waals surface area contributed by atoms with E-state index in [0.29, 0.717) is 25.7 Å². The molecule has 0 saturated heterocycles. The number of benzene rings is 1. The van der Waals surface area contributed by atoms with E-state index in [2.05, 4.69) is 5.32 Å². The van der Waals surface area contributed by atoms with Crippen molar-refractivity contribution < 1.29 is 9.53 Å². The van der Waals surface area contributed by atoms with E-state index in [9.17, 15) is 4.79 Å². The molecule has 20 heavy (non-hydrogen) atoms. The number of amides is 1. The van der Waals surface area contributed by atoms with E-state index in [1.165, 1.54) is 25.7 Å². The highest BCUT2D eigenvalue weighted by Gasteiger charge is 2.14. The van der Waals surface area contributed by atoms with Gasteiger partial charge in [0.05, 0.1) is 6.10 Å². The summed E-state index contributed by atoms with van der Waals surface area (Å²) in [6.45, 7) is 1.21. The van der Waals surface area contributed by atoms with Crippen molar-refractivity contribution in [2.24, 2.45) is 5.73 Å². The van der Waals surface area contributed by atoms with Gasteiger partial charge in [-0.15, -0.1) is 0 Å². The van der Waals surface area contributed by atoms with Gasteiger partial charge < -0.3 is 15.8 Å². The number of hydrogen-bond acceptors (Lipinski definition) is 3. The van der Waals surface area contributed by atoms with Crippen LogP contribution in [0.25, 0.3) is 0 Å². The van der Waals surface area contributed by atoms with Crippen molar-refractivity contribution in [1.29, 1.82) is 0 Å². The molecule has 1 aromatic carbocycles. The second-order valence-corrected chi connectivity index (χ2v) is 5.33. The van der Waals surface area contributed by atoms with E-state index < -0.39 is 0 Å². The Kier molecular flexibility index (Phi) is 6.02. The first-order chi connectivity index (χ1) is 9.78. The topological polar surface area (TPSA) is 64.3 Å². The van der Waals surface area contributed by atoms with Gasteiger partial charge in [0, 0.05) is 25.3 Å². The molecule has 1 aliphatic carbocycles. The number of nitrogens with two attached hydrogens (primary N) is 1. The van der Waals surface area contributed by atoms with Gasteiger partial charge in [0.25, 0.3) is 0 Å². The largest absolute Gasteiger partial charge is 0.378 e. The number of ether oxygens (including phenoxy) is 1. The molecule has 0 aliphatic heterocycles. The summed E-state index contributed by atoms with van der Waals surface area (Å²) >= 11 is 0. The summed E-state index contributed by atoms with van der Waals surface area (Å²) in [4.78, 5) is 11.8. The van der Waals surface area contributed by atoms with Crippen LogP contribution in [0.2, 0.25) is 0 Å². The monoisotopic (exact) mass is 276 g/mol. The molecule has 0 aromatic heterocycles. The van der Waals surface area contributed by atoms with Crippen LogP contribution in [0.5, 0.6) is 0 Å². The summed E-state index contributed by atoms with van der Waals surface area (Å²) in [6.07, 6.45) is 6.64. The van der Waals surface area contributed by atoms with Gasteiger partial charge in [-0.1, -0.05) is 25.0 Å². The molecule has 4 nitrogen and oxygen atoms in total. The zero-order valence-electron chi connectivity index (χ0n) is 11.9. The van der Waals surface area contributed by atoms with Crippen LogP contribution in [-0.2, 0) is 16.1 Å². The third kappa shape index (κ3) is 4.94. The van der Waals surface area contributed by atoms with Gasteiger partial charge in [0.2, 0.25) is 5.91 Å². The maximum atomic E-state index is 11.8. The smallest absolute Gasteiger partial charge is 0.224 e. The lowest BCUT2D eigenvalue weighted by Gasteiger charge is -2.10. The molecule has 1 aliphatic rings. The van der Waals surface area contributed by atoms with Gasteiger partial charge in [0.15, 0.2) is 0 Å². The minimum Gasteiger partial charge on any atom is -0.378 e. The Morgan fingerprint density at radius 1 is 1.25 bits per heavy atom. The molecule has 110 valence electrons. The van der Waals surface area contributed by atoms with Gasteiger partial charge in [-0.2, -0.15) is 0 Å². The molecular formula is C16H24N2O2. The molecule has 1 fully saturated rings. The van der Waals surface area contributed by atoms with Crippen LogP contribution in [0, 0.1) is 0 Å². The predicted molar refractivity (Wildman–Crippen MR) is 80.4 cm³/mol. The molecule has 0 bridgehead atoms. The Labute approximate surface area is 120 Å². The average molecular weight is 276 g/mol. The molecule has 0 radical (unpaired) electrons. The molecule has 4 heteroatoms. The number of carbonyl (C=O) groups is 1. The summed E-state index contributed by atoms with van der Waals surface area (Å²) in [6, 6.07) is 7.63. The zero-order chi connectivity index (χ0) is 14.2. The van der Waals surface area contributed by atoms with Crippen LogP contribution < -0.4 is 11.1 Å². The Morgan fingerprint density at radius 2 is 1.95 bits per heavy atom. The van der Waals surface area contributed by atoms with Crippen LogP contribution >= 0.6 is 0 Å². The average Bonchev–Trinajstić information content (AvgIpc) is 2.98. The maximum absolute atomic E-state index is 11.8. The van der Waals surface area contributed by atoms with Crippen LogP contribution in [-0.4, -0.2) is 18.6 Å². The van der Waals surface area contributed by atoms with Gasteiger partial charge in [-0.3, -0.25) is 4.79 Å². The fourth-order valence-electron chi connectivity index (χ4n) is 2.49. The summed E-state index contributed by atoms with van der Waals surface area (Å²) in [5.41, 5.74) is 7.42. The Hall–Kier alpha value is -1.39. The van der Waals surface area contributed by atoms with Crippen molar-refractivity contribution in [3.63, 3.8) is 0 Å². The molecule has 0 spiro atoms. The zero-order valence-corrected chi connectivity index (χ0v) is 11.9.